The van der Waals surface area contributed by atoms with E-state index in [9.17, 15) is 9.90 Å². The fourth-order valence-corrected chi connectivity index (χ4v) is 5.01. The number of fused-ring (bicyclic) bond motifs is 2. The third-order valence-electron chi connectivity index (χ3n) is 6.93. The van der Waals surface area contributed by atoms with Crippen LogP contribution in [0.3, 0.4) is 0 Å². The summed E-state index contributed by atoms with van der Waals surface area (Å²) in [6.07, 6.45) is 4.72. The van der Waals surface area contributed by atoms with Crippen LogP contribution in [0.5, 0.6) is 5.75 Å². The molecule has 3 heterocycles. The van der Waals surface area contributed by atoms with Crippen LogP contribution in [0.4, 0.5) is 0 Å². The average Bonchev–Trinajstić information content (AvgIpc) is 3.27. The van der Waals surface area contributed by atoms with Crippen LogP contribution < -0.4 is 4.74 Å². The molecule has 176 valence electrons. The normalized spacial score (nSPS) is 16.7. The molecule has 35 heavy (non-hydrogen) atoms. The van der Waals surface area contributed by atoms with Crippen LogP contribution in [0.2, 0.25) is 0 Å². The number of nitrogens with zero attached hydrogens (tertiary/aromatic N) is 1. The van der Waals surface area contributed by atoms with E-state index < -0.39 is 5.60 Å². The number of aromatic nitrogens is 1. The average molecular weight is 468 g/mol. The van der Waals surface area contributed by atoms with E-state index in [0.717, 1.165) is 44.3 Å². The van der Waals surface area contributed by atoms with E-state index in [4.69, 9.17) is 14.2 Å². The Morgan fingerprint density at radius 1 is 1.03 bits per heavy atom. The first kappa shape index (κ1) is 21.8. The molecule has 4 aromatic rings. The molecular formula is C29H25NO5. The van der Waals surface area contributed by atoms with Crippen molar-refractivity contribution in [3.63, 3.8) is 0 Å². The van der Waals surface area contributed by atoms with Crippen LogP contribution >= 0.6 is 0 Å². The Morgan fingerprint density at radius 2 is 1.91 bits per heavy atom. The molecule has 0 amide bonds. The second kappa shape index (κ2) is 8.80. The molecule has 0 unspecified atom stereocenters. The van der Waals surface area contributed by atoms with Crippen molar-refractivity contribution in [1.82, 2.24) is 4.98 Å². The fourth-order valence-electron chi connectivity index (χ4n) is 5.01. The first-order chi connectivity index (χ1) is 17.1. The molecule has 6 nitrogen and oxygen atoms in total. The van der Waals surface area contributed by atoms with Crippen molar-refractivity contribution in [3.05, 3.63) is 95.3 Å². The molecule has 0 radical (unpaired) electrons. The lowest BCUT2D eigenvalue weighted by molar-refractivity contribution is -0.0679. The van der Waals surface area contributed by atoms with Crippen LogP contribution in [-0.2, 0) is 28.3 Å². The van der Waals surface area contributed by atoms with Crippen molar-refractivity contribution in [1.29, 1.82) is 0 Å². The molecule has 0 aliphatic carbocycles. The first-order valence-electron chi connectivity index (χ1n) is 11.8. The van der Waals surface area contributed by atoms with Gasteiger partial charge in [-0.15, -0.1) is 0 Å². The number of hydrogen-bond acceptors (Lipinski definition) is 6. The molecule has 0 spiro atoms. The van der Waals surface area contributed by atoms with E-state index in [1.54, 1.807) is 12.4 Å². The van der Waals surface area contributed by atoms with E-state index >= 15 is 0 Å². The van der Waals surface area contributed by atoms with Gasteiger partial charge in [0.15, 0.2) is 0 Å². The quantitative estimate of drug-likeness (QED) is 0.409. The van der Waals surface area contributed by atoms with Gasteiger partial charge in [0, 0.05) is 49.6 Å². The molecule has 2 aliphatic rings. The van der Waals surface area contributed by atoms with Gasteiger partial charge in [-0.05, 0) is 57.8 Å². The van der Waals surface area contributed by atoms with Crippen molar-refractivity contribution in [2.75, 3.05) is 13.2 Å². The summed E-state index contributed by atoms with van der Waals surface area (Å²) < 4.78 is 16.9. The molecule has 6 heteroatoms. The highest BCUT2D eigenvalue weighted by molar-refractivity contribution is 6.07. The lowest BCUT2D eigenvalue weighted by atomic mass is 9.86. The minimum atomic E-state index is -0.851. The van der Waals surface area contributed by atoms with Gasteiger partial charge in [-0.2, -0.15) is 0 Å². The molecule has 3 aromatic carbocycles. The summed E-state index contributed by atoms with van der Waals surface area (Å²) in [5.74, 6) is 0.432. The number of aliphatic hydroxyl groups is 1. The van der Waals surface area contributed by atoms with Gasteiger partial charge < -0.3 is 19.3 Å². The monoisotopic (exact) mass is 467 g/mol. The zero-order valence-electron chi connectivity index (χ0n) is 19.2. The Kier molecular flexibility index (Phi) is 5.47. The Balaban J connectivity index is 1.33. The molecule has 0 bridgehead atoms. The predicted molar refractivity (Wildman–Crippen MR) is 131 cm³/mol. The van der Waals surface area contributed by atoms with Gasteiger partial charge in [0.25, 0.3) is 0 Å². The van der Waals surface area contributed by atoms with Gasteiger partial charge in [-0.3, -0.25) is 4.98 Å². The largest absolute Gasteiger partial charge is 0.489 e. The third kappa shape index (κ3) is 4.05. The van der Waals surface area contributed by atoms with E-state index in [0.29, 0.717) is 38.2 Å². The first-order valence-corrected chi connectivity index (χ1v) is 11.8. The fraction of sp³-hybridized carbons (Fsp3) is 0.241. The van der Waals surface area contributed by atoms with Gasteiger partial charge in [-0.25, -0.2) is 4.79 Å². The summed E-state index contributed by atoms with van der Waals surface area (Å²) in [6.45, 7) is 1.75. The number of ether oxygens (including phenoxy) is 3. The van der Waals surface area contributed by atoms with Crippen molar-refractivity contribution in [2.45, 2.75) is 31.7 Å². The lowest BCUT2D eigenvalue weighted by Crippen LogP contribution is -2.33. The molecular weight excluding hydrogens is 442 g/mol. The van der Waals surface area contributed by atoms with Gasteiger partial charge >= 0.3 is 5.97 Å². The molecule has 1 aromatic heterocycles. The van der Waals surface area contributed by atoms with Crippen LogP contribution in [0, 0.1) is 0 Å². The van der Waals surface area contributed by atoms with Crippen LogP contribution in [-0.4, -0.2) is 29.3 Å². The molecule has 1 N–H and O–H groups in total. The number of esters is 1. The number of carbonyl (C=O) groups excluding carboxylic acids is 1. The van der Waals surface area contributed by atoms with Gasteiger partial charge in [0.2, 0.25) is 0 Å². The maximum absolute atomic E-state index is 12.3. The zero-order chi connectivity index (χ0) is 23.8. The third-order valence-corrected chi connectivity index (χ3v) is 6.93. The number of hydrogen-bond donors (Lipinski definition) is 1. The molecule has 2 aliphatic heterocycles. The minimum absolute atomic E-state index is 0.250. The second-order valence-corrected chi connectivity index (χ2v) is 9.11. The molecule has 1 fully saturated rings. The van der Waals surface area contributed by atoms with Crippen LogP contribution in [0.25, 0.3) is 21.9 Å². The van der Waals surface area contributed by atoms with Crippen molar-refractivity contribution in [2.24, 2.45) is 0 Å². The second-order valence-electron chi connectivity index (χ2n) is 9.11. The molecule has 0 saturated carbocycles. The predicted octanol–water partition coefficient (Wildman–Crippen LogP) is 5.15. The number of carbonyl (C=O) groups is 1. The van der Waals surface area contributed by atoms with Gasteiger partial charge in [0.1, 0.15) is 19.0 Å². The highest BCUT2D eigenvalue weighted by atomic mass is 16.5. The maximum Gasteiger partial charge on any atom is 0.338 e. The van der Waals surface area contributed by atoms with Gasteiger partial charge in [-0.1, -0.05) is 30.3 Å². The summed E-state index contributed by atoms with van der Waals surface area (Å²) in [7, 11) is 0. The van der Waals surface area contributed by atoms with Crippen LogP contribution in [0.15, 0.2) is 73.1 Å². The summed E-state index contributed by atoms with van der Waals surface area (Å²) in [6, 6.07) is 19.6. The van der Waals surface area contributed by atoms with Crippen molar-refractivity contribution in [3.8, 4) is 16.9 Å². The smallest absolute Gasteiger partial charge is 0.338 e. The number of cyclic esters (lactones) is 1. The summed E-state index contributed by atoms with van der Waals surface area (Å²) in [5, 5.41) is 13.0. The number of pyridine rings is 1. The highest BCUT2D eigenvalue weighted by Gasteiger charge is 2.32. The lowest BCUT2D eigenvalue weighted by Gasteiger charge is -2.32. The topological polar surface area (TPSA) is 77.9 Å². The Morgan fingerprint density at radius 3 is 2.74 bits per heavy atom. The molecule has 6 rings (SSSR count). The maximum atomic E-state index is 12.3. The van der Waals surface area contributed by atoms with E-state index in [2.05, 4.69) is 4.98 Å². The Labute approximate surface area is 203 Å². The van der Waals surface area contributed by atoms with E-state index in [-0.39, 0.29) is 12.6 Å². The summed E-state index contributed by atoms with van der Waals surface area (Å²) in [5.41, 5.74) is 4.41. The Hall–Kier alpha value is -3.74. The van der Waals surface area contributed by atoms with Gasteiger partial charge in [0.05, 0.1) is 11.2 Å². The highest BCUT2D eigenvalue weighted by Crippen LogP contribution is 2.39. The van der Waals surface area contributed by atoms with E-state index in [1.807, 2.05) is 60.7 Å². The molecule has 1 saturated heterocycles. The van der Waals surface area contributed by atoms with E-state index in [1.165, 1.54) is 0 Å². The summed E-state index contributed by atoms with van der Waals surface area (Å²) in [4.78, 5) is 16.6. The minimum Gasteiger partial charge on any atom is -0.489 e. The van der Waals surface area contributed by atoms with Crippen molar-refractivity contribution < 1.29 is 24.1 Å². The van der Waals surface area contributed by atoms with Crippen molar-refractivity contribution >= 4 is 16.7 Å². The number of benzene rings is 3. The SMILES string of the molecule is O=C1OCc2c1cc1ccc(OCc3cccc(C4(O)CCOCC4)c3)cc1c2-c1cccnc1. The summed E-state index contributed by atoms with van der Waals surface area (Å²) >= 11 is 0. The Bertz CT molecular complexity index is 1410. The number of rotatable bonds is 5. The van der Waals surface area contributed by atoms with Crippen LogP contribution in [0.1, 0.15) is 39.9 Å². The standard InChI is InChI=1S/C29H25NO5/c31-28-25-14-20-6-7-23(15-24(20)27(26(25)18-35-28)21-4-2-10-30-16-21)34-17-19-3-1-5-22(13-19)29(32)8-11-33-12-9-29/h1-7,10,13-16,32H,8-9,11-12,17-18H2. The zero-order valence-corrected chi connectivity index (χ0v) is 19.2. The molecule has 0 atom stereocenters.